The Morgan fingerprint density at radius 2 is 2.23 bits per heavy atom. The van der Waals surface area contributed by atoms with Crippen molar-refractivity contribution in [3.8, 4) is 5.75 Å². The SMILES string of the molecule is CCNC(=NCc1ccc(C)cc1OC1CCOC1)NCc1nccn1C(F)F.I. The summed E-state index contributed by atoms with van der Waals surface area (Å²) < 4.78 is 38.3. The van der Waals surface area contributed by atoms with Gasteiger partial charge in [-0.15, -0.1) is 24.0 Å². The first-order valence-corrected chi connectivity index (χ1v) is 9.72. The Balaban J connectivity index is 0.00000320. The molecule has 7 nitrogen and oxygen atoms in total. The van der Waals surface area contributed by atoms with Gasteiger partial charge >= 0.3 is 6.55 Å². The molecule has 1 atom stereocenters. The van der Waals surface area contributed by atoms with Gasteiger partial charge in [0.1, 0.15) is 17.7 Å². The number of aryl methyl sites for hydroxylation is 1. The van der Waals surface area contributed by atoms with Crippen molar-refractivity contribution in [3.05, 3.63) is 47.5 Å². The van der Waals surface area contributed by atoms with Gasteiger partial charge in [-0.1, -0.05) is 12.1 Å². The van der Waals surface area contributed by atoms with Crippen LogP contribution >= 0.6 is 24.0 Å². The lowest BCUT2D eigenvalue weighted by Crippen LogP contribution is -2.37. The molecule has 1 unspecified atom stereocenters. The maximum Gasteiger partial charge on any atom is 0.319 e. The third-order valence-electron chi connectivity index (χ3n) is 4.53. The van der Waals surface area contributed by atoms with Crippen LogP contribution in [0.25, 0.3) is 0 Å². The van der Waals surface area contributed by atoms with E-state index in [1.54, 1.807) is 0 Å². The molecule has 1 aromatic carbocycles. The van der Waals surface area contributed by atoms with Gasteiger partial charge in [0, 0.05) is 30.9 Å². The first-order chi connectivity index (χ1) is 14.1. The van der Waals surface area contributed by atoms with Crippen LogP contribution in [-0.4, -0.2) is 41.4 Å². The summed E-state index contributed by atoms with van der Waals surface area (Å²) in [4.78, 5) is 8.56. The van der Waals surface area contributed by atoms with E-state index in [9.17, 15) is 8.78 Å². The number of alkyl halides is 2. The average molecular weight is 535 g/mol. The van der Waals surface area contributed by atoms with Gasteiger partial charge < -0.3 is 20.1 Å². The van der Waals surface area contributed by atoms with Crippen molar-refractivity contribution in [2.45, 2.75) is 46.0 Å². The van der Waals surface area contributed by atoms with E-state index >= 15 is 0 Å². The Kier molecular flexibility index (Phi) is 9.76. The minimum atomic E-state index is -2.62. The predicted molar refractivity (Wildman–Crippen MR) is 122 cm³/mol. The number of benzene rings is 1. The van der Waals surface area contributed by atoms with Gasteiger partial charge in [-0.25, -0.2) is 9.98 Å². The van der Waals surface area contributed by atoms with E-state index in [4.69, 9.17) is 9.47 Å². The summed E-state index contributed by atoms with van der Waals surface area (Å²) in [6.45, 7) is 3.82. The summed E-state index contributed by atoms with van der Waals surface area (Å²) in [5.74, 6) is 1.56. The van der Waals surface area contributed by atoms with Crippen molar-refractivity contribution in [1.29, 1.82) is 0 Å². The molecular formula is C20H28F2IN5O2. The predicted octanol–water partition coefficient (Wildman–Crippen LogP) is 3.63. The van der Waals surface area contributed by atoms with Crippen molar-refractivity contribution in [2.24, 2.45) is 4.99 Å². The van der Waals surface area contributed by atoms with Crippen molar-refractivity contribution in [3.63, 3.8) is 0 Å². The fraction of sp³-hybridized carbons (Fsp3) is 0.500. The fourth-order valence-electron chi connectivity index (χ4n) is 3.01. The standard InChI is InChI=1S/C20H27F2N5O2.HI/c1-3-23-20(26-12-18-24-7-8-27(18)19(21)22)25-11-15-5-4-14(2)10-17(15)29-16-6-9-28-13-16;/h4-5,7-8,10,16,19H,3,6,9,11-13H2,1-2H3,(H2,23,25,26);1H. The second kappa shape index (κ2) is 12.0. The molecule has 1 aliphatic heterocycles. The highest BCUT2D eigenvalue weighted by Gasteiger charge is 2.19. The highest BCUT2D eigenvalue weighted by atomic mass is 127. The van der Waals surface area contributed by atoms with Gasteiger partial charge in [-0.2, -0.15) is 8.78 Å². The van der Waals surface area contributed by atoms with Gasteiger partial charge in [0.2, 0.25) is 0 Å². The van der Waals surface area contributed by atoms with Gasteiger partial charge in [0.15, 0.2) is 5.96 Å². The molecular weight excluding hydrogens is 507 g/mol. The minimum Gasteiger partial charge on any atom is -0.488 e. The molecule has 1 fully saturated rings. The third kappa shape index (κ3) is 6.79. The van der Waals surface area contributed by atoms with Gasteiger partial charge in [0.05, 0.1) is 26.3 Å². The third-order valence-corrected chi connectivity index (χ3v) is 4.53. The number of nitrogens with one attached hydrogen (secondary N) is 2. The zero-order chi connectivity index (χ0) is 20.6. The lowest BCUT2D eigenvalue weighted by atomic mass is 10.1. The summed E-state index contributed by atoms with van der Waals surface area (Å²) in [6.07, 6.45) is 3.54. The quantitative estimate of drug-likeness (QED) is 0.307. The lowest BCUT2D eigenvalue weighted by Gasteiger charge is -2.16. The molecule has 2 N–H and O–H groups in total. The molecule has 2 heterocycles. The number of guanidine groups is 1. The summed E-state index contributed by atoms with van der Waals surface area (Å²) in [6, 6.07) is 6.02. The lowest BCUT2D eigenvalue weighted by molar-refractivity contribution is 0.0668. The van der Waals surface area contributed by atoms with Crippen LogP contribution < -0.4 is 15.4 Å². The van der Waals surface area contributed by atoms with Crippen molar-refractivity contribution in [2.75, 3.05) is 19.8 Å². The molecule has 2 aromatic rings. The van der Waals surface area contributed by atoms with Crippen molar-refractivity contribution < 1.29 is 18.3 Å². The number of hydrogen-bond donors (Lipinski definition) is 2. The number of halogens is 3. The van der Waals surface area contributed by atoms with Gasteiger partial charge in [-0.3, -0.25) is 4.57 Å². The molecule has 0 amide bonds. The Morgan fingerprint density at radius 3 is 2.93 bits per heavy atom. The molecule has 1 aromatic heterocycles. The smallest absolute Gasteiger partial charge is 0.319 e. The van der Waals surface area contributed by atoms with Crippen molar-refractivity contribution in [1.82, 2.24) is 20.2 Å². The summed E-state index contributed by atoms with van der Waals surface area (Å²) in [7, 11) is 0. The molecule has 166 valence electrons. The minimum absolute atomic E-state index is 0. The van der Waals surface area contributed by atoms with E-state index in [0.29, 0.717) is 32.3 Å². The monoisotopic (exact) mass is 535 g/mol. The Labute approximate surface area is 192 Å². The number of ether oxygens (including phenoxy) is 2. The number of hydrogen-bond acceptors (Lipinski definition) is 4. The van der Waals surface area contributed by atoms with Crippen molar-refractivity contribution >= 4 is 29.9 Å². The maximum absolute atomic E-state index is 13.0. The van der Waals surface area contributed by atoms with Crippen LogP contribution in [0.3, 0.4) is 0 Å². The Hall–Kier alpha value is -1.95. The number of aliphatic imine (C=N–C) groups is 1. The van der Waals surface area contributed by atoms with E-state index in [1.807, 2.05) is 32.0 Å². The average Bonchev–Trinajstić information content (AvgIpc) is 3.37. The summed E-state index contributed by atoms with van der Waals surface area (Å²) in [5.41, 5.74) is 2.06. The van der Waals surface area contributed by atoms with E-state index in [0.717, 1.165) is 27.9 Å². The number of nitrogens with zero attached hydrogens (tertiary/aromatic N) is 3. The zero-order valence-electron chi connectivity index (χ0n) is 17.1. The Morgan fingerprint density at radius 1 is 1.40 bits per heavy atom. The van der Waals surface area contributed by atoms with Crippen LogP contribution in [0.2, 0.25) is 0 Å². The van der Waals surface area contributed by atoms with Crippen LogP contribution in [0, 0.1) is 6.92 Å². The van der Waals surface area contributed by atoms with Crippen LogP contribution in [0.5, 0.6) is 5.75 Å². The van der Waals surface area contributed by atoms with E-state index in [1.165, 1.54) is 12.4 Å². The first kappa shape index (κ1) is 24.3. The molecule has 3 rings (SSSR count). The van der Waals surface area contributed by atoms with Crippen LogP contribution in [0.4, 0.5) is 8.78 Å². The largest absolute Gasteiger partial charge is 0.488 e. The molecule has 0 aliphatic carbocycles. The van der Waals surface area contributed by atoms with E-state index in [-0.39, 0.29) is 42.4 Å². The first-order valence-electron chi connectivity index (χ1n) is 9.72. The van der Waals surface area contributed by atoms with Crippen LogP contribution in [-0.2, 0) is 17.8 Å². The highest BCUT2D eigenvalue weighted by Crippen LogP contribution is 2.24. The highest BCUT2D eigenvalue weighted by molar-refractivity contribution is 14.0. The molecule has 0 spiro atoms. The number of aromatic nitrogens is 2. The molecule has 1 saturated heterocycles. The summed E-state index contributed by atoms with van der Waals surface area (Å²) in [5, 5.41) is 6.18. The molecule has 0 saturated carbocycles. The topological polar surface area (TPSA) is 72.7 Å². The second-order valence-corrected chi connectivity index (χ2v) is 6.79. The maximum atomic E-state index is 13.0. The number of imidazole rings is 1. The Bertz CT molecular complexity index is 825. The molecule has 10 heteroatoms. The molecule has 30 heavy (non-hydrogen) atoms. The number of rotatable bonds is 8. The zero-order valence-corrected chi connectivity index (χ0v) is 19.4. The molecule has 0 radical (unpaired) electrons. The summed E-state index contributed by atoms with van der Waals surface area (Å²) >= 11 is 0. The normalized spacial score (nSPS) is 16.4. The van der Waals surface area contributed by atoms with Crippen LogP contribution in [0.15, 0.2) is 35.6 Å². The molecule has 0 bridgehead atoms. The van der Waals surface area contributed by atoms with E-state index in [2.05, 4.69) is 20.6 Å². The van der Waals surface area contributed by atoms with Crippen LogP contribution in [0.1, 0.15) is 36.8 Å². The fourth-order valence-corrected chi connectivity index (χ4v) is 3.01. The molecule has 1 aliphatic rings. The van der Waals surface area contributed by atoms with Gasteiger partial charge in [-0.05, 0) is 25.5 Å². The second-order valence-electron chi connectivity index (χ2n) is 6.79. The van der Waals surface area contributed by atoms with E-state index < -0.39 is 6.55 Å². The van der Waals surface area contributed by atoms with Gasteiger partial charge in [0.25, 0.3) is 0 Å².